The maximum absolute atomic E-state index is 8.52. The molecule has 1 heterocycles. The van der Waals surface area contributed by atoms with Gasteiger partial charge >= 0.3 is 0 Å². The van der Waals surface area contributed by atoms with Gasteiger partial charge in [0.1, 0.15) is 5.84 Å². The summed E-state index contributed by atoms with van der Waals surface area (Å²) in [6.07, 6.45) is 2.55. The van der Waals surface area contributed by atoms with E-state index in [0.29, 0.717) is 5.84 Å². The van der Waals surface area contributed by atoms with Crippen molar-refractivity contribution < 1.29 is 5.21 Å². The predicted octanol–water partition coefficient (Wildman–Crippen LogP) is 1.10. The third kappa shape index (κ3) is 2.87. The fraction of sp³-hybridized carbons (Fsp3) is 0.900. The Bertz CT molecular complexity index is 206. The summed E-state index contributed by atoms with van der Waals surface area (Å²) in [5.41, 5.74) is 5.54. The summed E-state index contributed by atoms with van der Waals surface area (Å²) in [5.74, 6) is 1.33. The lowest BCUT2D eigenvalue weighted by molar-refractivity contribution is 0.289. The highest BCUT2D eigenvalue weighted by molar-refractivity contribution is 5.82. The van der Waals surface area contributed by atoms with Crippen LogP contribution < -0.4 is 5.73 Å². The maximum atomic E-state index is 8.52. The summed E-state index contributed by atoms with van der Waals surface area (Å²) in [5, 5.41) is 11.6. The molecule has 1 aliphatic heterocycles. The van der Waals surface area contributed by atoms with Gasteiger partial charge in [-0.25, -0.2) is 0 Å². The van der Waals surface area contributed by atoms with Crippen LogP contribution in [0.2, 0.25) is 0 Å². The van der Waals surface area contributed by atoms with E-state index in [0.717, 1.165) is 19.0 Å². The predicted molar refractivity (Wildman–Crippen MR) is 57.4 cm³/mol. The third-order valence-electron chi connectivity index (χ3n) is 3.10. The SMILES string of the molecule is CCC1CCN(CC(C)C(N)=NO)C1. The number of nitrogens with two attached hydrogens (primary N) is 1. The van der Waals surface area contributed by atoms with E-state index in [1.165, 1.54) is 19.4 Å². The average Bonchev–Trinajstić information content (AvgIpc) is 2.64. The standard InChI is InChI=1S/C10H21N3O/c1-3-9-4-5-13(7-9)6-8(2)10(11)12-14/h8-9,14H,3-7H2,1-2H3,(H2,11,12). The van der Waals surface area contributed by atoms with Crippen LogP contribution in [0.5, 0.6) is 0 Å². The topological polar surface area (TPSA) is 61.8 Å². The van der Waals surface area contributed by atoms with Crippen LogP contribution in [-0.2, 0) is 0 Å². The van der Waals surface area contributed by atoms with E-state index in [4.69, 9.17) is 10.9 Å². The van der Waals surface area contributed by atoms with Gasteiger partial charge in [-0.1, -0.05) is 25.4 Å². The van der Waals surface area contributed by atoms with E-state index in [9.17, 15) is 0 Å². The molecule has 1 fully saturated rings. The maximum Gasteiger partial charge on any atom is 0.143 e. The zero-order chi connectivity index (χ0) is 10.6. The molecule has 0 spiro atoms. The minimum atomic E-state index is 0.149. The lowest BCUT2D eigenvalue weighted by Crippen LogP contribution is -2.33. The second-order valence-electron chi connectivity index (χ2n) is 4.25. The minimum absolute atomic E-state index is 0.149. The van der Waals surface area contributed by atoms with E-state index < -0.39 is 0 Å². The van der Waals surface area contributed by atoms with Crippen LogP contribution in [0.4, 0.5) is 0 Å². The van der Waals surface area contributed by atoms with Crippen LogP contribution >= 0.6 is 0 Å². The summed E-state index contributed by atoms with van der Waals surface area (Å²) in [4.78, 5) is 2.40. The molecule has 0 aromatic heterocycles. The van der Waals surface area contributed by atoms with Gasteiger partial charge in [-0.15, -0.1) is 0 Å². The van der Waals surface area contributed by atoms with Crippen molar-refractivity contribution in [2.24, 2.45) is 22.7 Å². The Morgan fingerprint density at radius 1 is 1.71 bits per heavy atom. The number of amidine groups is 1. The Hall–Kier alpha value is -0.770. The molecule has 0 saturated carbocycles. The van der Waals surface area contributed by atoms with E-state index in [2.05, 4.69) is 17.0 Å². The van der Waals surface area contributed by atoms with Crippen LogP contribution in [0.3, 0.4) is 0 Å². The van der Waals surface area contributed by atoms with Crippen LogP contribution in [0.1, 0.15) is 26.7 Å². The smallest absolute Gasteiger partial charge is 0.143 e. The summed E-state index contributed by atoms with van der Waals surface area (Å²) in [6, 6.07) is 0. The molecule has 1 aliphatic rings. The summed E-state index contributed by atoms with van der Waals surface area (Å²) in [6.45, 7) is 7.46. The molecule has 4 nitrogen and oxygen atoms in total. The first-order valence-corrected chi connectivity index (χ1v) is 5.37. The number of rotatable bonds is 4. The first kappa shape index (κ1) is 11.3. The third-order valence-corrected chi connectivity index (χ3v) is 3.10. The molecule has 0 amide bonds. The molecular weight excluding hydrogens is 178 g/mol. The van der Waals surface area contributed by atoms with Gasteiger partial charge in [0.2, 0.25) is 0 Å². The van der Waals surface area contributed by atoms with Crippen LogP contribution in [0.25, 0.3) is 0 Å². The zero-order valence-electron chi connectivity index (χ0n) is 9.11. The van der Waals surface area contributed by atoms with Gasteiger partial charge in [0.15, 0.2) is 0 Å². The van der Waals surface area contributed by atoms with Crippen molar-refractivity contribution in [3.63, 3.8) is 0 Å². The zero-order valence-corrected chi connectivity index (χ0v) is 9.11. The molecule has 1 saturated heterocycles. The monoisotopic (exact) mass is 199 g/mol. The molecule has 3 N–H and O–H groups in total. The van der Waals surface area contributed by atoms with Crippen LogP contribution in [-0.4, -0.2) is 35.6 Å². The first-order valence-electron chi connectivity index (χ1n) is 5.37. The summed E-state index contributed by atoms with van der Waals surface area (Å²) in [7, 11) is 0. The van der Waals surface area contributed by atoms with Gasteiger partial charge in [-0.05, 0) is 18.9 Å². The molecule has 0 aromatic carbocycles. The number of hydrogen-bond acceptors (Lipinski definition) is 3. The highest BCUT2D eigenvalue weighted by atomic mass is 16.4. The second kappa shape index (κ2) is 5.20. The molecule has 4 heteroatoms. The Morgan fingerprint density at radius 3 is 2.93 bits per heavy atom. The molecule has 0 bridgehead atoms. The lowest BCUT2D eigenvalue weighted by Gasteiger charge is -2.19. The molecular formula is C10H21N3O. The Labute approximate surface area is 85.8 Å². The number of nitrogens with zero attached hydrogens (tertiary/aromatic N) is 2. The quantitative estimate of drug-likeness (QED) is 0.308. The Morgan fingerprint density at radius 2 is 2.43 bits per heavy atom. The van der Waals surface area contributed by atoms with Gasteiger partial charge in [0.05, 0.1) is 0 Å². The number of likely N-dealkylation sites (tertiary alicyclic amines) is 1. The van der Waals surface area contributed by atoms with Crippen molar-refractivity contribution >= 4 is 5.84 Å². The van der Waals surface area contributed by atoms with Crippen molar-refractivity contribution in [2.75, 3.05) is 19.6 Å². The Balaban J connectivity index is 2.32. The van der Waals surface area contributed by atoms with E-state index in [1.54, 1.807) is 0 Å². The van der Waals surface area contributed by atoms with Crippen molar-refractivity contribution in [3.8, 4) is 0 Å². The van der Waals surface area contributed by atoms with Gasteiger partial charge < -0.3 is 15.8 Å². The fourth-order valence-electron chi connectivity index (χ4n) is 1.99. The highest BCUT2D eigenvalue weighted by Crippen LogP contribution is 2.19. The van der Waals surface area contributed by atoms with Crippen LogP contribution in [0, 0.1) is 11.8 Å². The summed E-state index contributed by atoms with van der Waals surface area (Å²) < 4.78 is 0. The number of hydrogen-bond donors (Lipinski definition) is 2. The fourth-order valence-corrected chi connectivity index (χ4v) is 1.99. The highest BCUT2D eigenvalue weighted by Gasteiger charge is 2.23. The van der Waals surface area contributed by atoms with E-state index in [1.807, 2.05) is 6.92 Å². The Kier molecular flexibility index (Phi) is 4.20. The number of oxime groups is 1. The van der Waals surface area contributed by atoms with Crippen molar-refractivity contribution in [1.29, 1.82) is 0 Å². The normalized spacial score (nSPS) is 26.7. The largest absolute Gasteiger partial charge is 0.409 e. The van der Waals surface area contributed by atoms with E-state index in [-0.39, 0.29) is 5.92 Å². The molecule has 0 aromatic rings. The molecule has 1 rings (SSSR count). The minimum Gasteiger partial charge on any atom is -0.409 e. The molecule has 2 atom stereocenters. The molecule has 2 unspecified atom stereocenters. The average molecular weight is 199 g/mol. The first-order chi connectivity index (χ1) is 6.67. The second-order valence-corrected chi connectivity index (χ2v) is 4.25. The molecule has 14 heavy (non-hydrogen) atoms. The van der Waals surface area contributed by atoms with Crippen molar-refractivity contribution in [2.45, 2.75) is 26.7 Å². The lowest BCUT2D eigenvalue weighted by atomic mass is 10.1. The van der Waals surface area contributed by atoms with Crippen molar-refractivity contribution in [3.05, 3.63) is 0 Å². The van der Waals surface area contributed by atoms with Gasteiger partial charge in [-0.2, -0.15) is 0 Å². The summed E-state index contributed by atoms with van der Waals surface area (Å²) >= 11 is 0. The van der Waals surface area contributed by atoms with Gasteiger partial charge in [0.25, 0.3) is 0 Å². The molecule has 0 aliphatic carbocycles. The van der Waals surface area contributed by atoms with Crippen LogP contribution in [0.15, 0.2) is 5.16 Å². The molecule has 0 radical (unpaired) electrons. The van der Waals surface area contributed by atoms with Gasteiger partial charge in [0, 0.05) is 19.0 Å². The van der Waals surface area contributed by atoms with Crippen molar-refractivity contribution in [1.82, 2.24) is 4.90 Å². The molecule has 82 valence electrons. The van der Waals surface area contributed by atoms with Gasteiger partial charge in [-0.3, -0.25) is 0 Å². The van der Waals surface area contributed by atoms with E-state index >= 15 is 0 Å².